The number of hydrogen-bond donors (Lipinski definition) is 2. The third-order valence-electron chi connectivity index (χ3n) is 7.00. The molecule has 192 valence electrons. The molecular formula is C26H36Cl2N3O4+. The van der Waals surface area contributed by atoms with Crippen molar-refractivity contribution in [3.05, 3.63) is 45.9 Å². The molecule has 35 heavy (non-hydrogen) atoms. The topological polar surface area (TPSA) is 68.8 Å². The summed E-state index contributed by atoms with van der Waals surface area (Å²) in [5.41, 5.74) is 1.81. The maximum atomic E-state index is 12.5. The van der Waals surface area contributed by atoms with Gasteiger partial charge in [-0.15, -0.1) is 0 Å². The van der Waals surface area contributed by atoms with Gasteiger partial charge in [0.1, 0.15) is 0 Å². The molecule has 7 nitrogen and oxygen atoms in total. The number of halogens is 2. The average Bonchev–Trinajstić information content (AvgIpc) is 2.86. The van der Waals surface area contributed by atoms with Crippen LogP contribution in [0.2, 0.25) is 10.0 Å². The second-order valence-corrected chi connectivity index (χ2v) is 9.83. The Bertz CT molecular complexity index is 985. The number of piperidine rings is 1. The van der Waals surface area contributed by atoms with E-state index in [0.29, 0.717) is 45.4 Å². The van der Waals surface area contributed by atoms with E-state index in [1.165, 1.54) is 5.56 Å². The van der Waals surface area contributed by atoms with Crippen LogP contribution in [-0.2, 0) is 6.42 Å². The van der Waals surface area contributed by atoms with Crippen LogP contribution in [0.15, 0.2) is 30.3 Å². The van der Waals surface area contributed by atoms with Gasteiger partial charge in [0.15, 0.2) is 11.5 Å². The minimum atomic E-state index is -0.261. The van der Waals surface area contributed by atoms with Gasteiger partial charge >= 0.3 is 6.03 Å². The van der Waals surface area contributed by atoms with Gasteiger partial charge in [-0.05, 0) is 49.8 Å². The van der Waals surface area contributed by atoms with Gasteiger partial charge in [0.25, 0.3) is 0 Å². The van der Waals surface area contributed by atoms with Crippen LogP contribution < -0.4 is 24.8 Å². The first-order valence-corrected chi connectivity index (χ1v) is 12.7. The summed E-state index contributed by atoms with van der Waals surface area (Å²) in [6.07, 6.45) is 3.34. The second kappa shape index (κ2) is 12.6. The smallest absolute Gasteiger partial charge is 0.319 e. The van der Waals surface area contributed by atoms with Gasteiger partial charge in [-0.2, -0.15) is 0 Å². The molecule has 0 saturated carbocycles. The van der Waals surface area contributed by atoms with E-state index in [4.69, 9.17) is 37.4 Å². The first-order valence-electron chi connectivity index (χ1n) is 12.0. The van der Waals surface area contributed by atoms with Gasteiger partial charge in [0.2, 0.25) is 5.75 Å². The normalized spacial score (nSPS) is 19.7. The number of likely N-dealkylation sites (tertiary alicyclic amines) is 1. The first-order chi connectivity index (χ1) is 16.8. The number of hydrogen-bond acceptors (Lipinski definition) is 4. The van der Waals surface area contributed by atoms with E-state index in [-0.39, 0.29) is 6.03 Å². The third kappa shape index (κ3) is 7.09. The molecular weight excluding hydrogens is 489 g/mol. The van der Waals surface area contributed by atoms with Gasteiger partial charge in [0.05, 0.1) is 69.8 Å². The number of carbonyl (C=O) groups excluding carboxylic acids is 1. The van der Waals surface area contributed by atoms with Crippen molar-refractivity contribution in [2.45, 2.75) is 26.2 Å². The van der Waals surface area contributed by atoms with Crippen molar-refractivity contribution < 1.29 is 23.5 Å². The molecule has 1 saturated heterocycles. The number of rotatable bonds is 10. The Balaban J connectivity index is 1.49. The van der Waals surface area contributed by atoms with Crippen LogP contribution in [-0.4, -0.2) is 64.6 Å². The summed E-state index contributed by atoms with van der Waals surface area (Å²) in [7, 11) is 4.63. The fraction of sp³-hybridized carbons (Fsp3) is 0.500. The Hall–Kier alpha value is -2.35. The Morgan fingerprint density at radius 2 is 1.66 bits per heavy atom. The lowest BCUT2D eigenvalue weighted by Crippen LogP contribution is -2.56. The fourth-order valence-corrected chi connectivity index (χ4v) is 5.13. The number of carbonyl (C=O) groups is 1. The van der Waals surface area contributed by atoms with Crippen LogP contribution in [0.4, 0.5) is 10.5 Å². The number of nitrogens with one attached hydrogen (secondary N) is 2. The highest BCUT2D eigenvalue weighted by Gasteiger charge is 2.32. The lowest BCUT2D eigenvalue weighted by molar-refractivity contribution is -0.930. The number of quaternary nitrogens is 1. The van der Waals surface area contributed by atoms with Crippen LogP contribution in [0.25, 0.3) is 0 Å². The molecule has 3 rings (SSSR count). The maximum absolute atomic E-state index is 12.5. The molecule has 0 bridgehead atoms. The molecule has 0 radical (unpaired) electrons. The molecule has 1 heterocycles. The number of anilines is 1. The summed E-state index contributed by atoms with van der Waals surface area (Å²) < 4.78 is 17.1. The number of ether oxygens (including phenoxy) is 3. The lowest BCUT2D eigenvalue weighted by Gasteiger charge is -2.43. The monoisotopic (exact) mass is 524 g/mol. The second-order valence-electron chi connectivity index (χ2n) is 9.02. The van der Waals surface area contributed by atoms with Crippen LogP contribution >= 0.6 is 23.2 Å². The Labute approximate surface area is 218 Å². The van der Waals surface area contributed by atoms with E-state index >= 15 is 0 Å². The van der Waals surface area contributed by atoms with Crippen LogP contribution in [0.3, 0.4) is 0 Å². The summed E-state index contributed by atoms with van der Waals surface area (Å²) >= 11 is 12.2. The number of nitrogens with zero attached hydrogens (tertiary/aromatic N) is 1. The fourth-order valence-electron chi connectivity index (χ4n) is 4.81. The summed E-state index contributed by atoms with van der Waals surface area (Å²) in [4.78, 5) is 12.5. The highest BCUT2D eigenvalue weighted by atomic mass is 35.5. The number of amides is 2. The highest BCUT2D eigenvalue weighted by Crippen LogP contribution is 2.40. The van der Waals surface area contributed by atoms with Gasteiger partial charge < -0.3 is 29.3 Å². The Kier molecular flexibility index (Phi) is 9.78. The Morgan fingerprint density at radius 1 is 1.00 bits per heavy atom. The minimum Gasteiger partial charge on any atom is -0.493 e. The van der Waals surface area contributed by atoms with Crippen molar-refractivity contribution >= 4 is 34.9 Å². The van der Waals surface area contributed by atoms with Gasteiger partial charge in [-0.3, -0.25) is 0 Å². The van der Waals surface area contributed by atoms with E-state index in [1.807, 2.05) is 12.1 Å². The zero-order valence-electron chi connectivity index (χ0n) is 21.0. The van der Waals surface area contributed by atoms with Crippen molar-refractivity contribution in [3.8, 4) is 17.2 Å². The largest absolute Gasteiger partial charge is 0.493 e. The molecule has 0 spiro atoms. The van der Waals surface area contributed by atoms with Crippen LogP contribution in [0.5, 0.6) is 17.2 Å². The molecule has 1 aliphatic rings. The summed E-state index contributed by atoms with van der Waals surface area (Å²) in [6.45, 7) is 7.00. The summed E-state index contributed by atoms with van der Waals surface area (Å²) in [6, 6.07) is 9.09. The van der Waals surface area contributed by atoms with Gasteiger partial charge in [0, 0.05) is 12.1 Å². The third-order valence-corrected chi connectivity index (χ3v) is 7.74. The predicted molar refractivity (Wildman–Crippen MR) is 141 cm³/mol. The van der Waals surface area contributed by atoms with Crippen molar-refractivity contribution in [3.63, 3.8) is 0 Å². The molecule has 9 heteroatoms. The van der Waals surface area contributed by atoms with E-state index in [1.54, 1.807) is 33.5 Å². The van der Waals surface area contributed by atoms with Crippen molar-refractivity contribution in [2.24, 2.45) is 5.92 Å². The number of methoxy groups -OCH3 is 3. The first kappa shape index (κ1) is 27.2. The van der Waals surface area contributed by atoms with Crippen molar-refractivity contribution in [1.82, 2.24) is 5.32 Å². The van der Waals surface area contributed by atoms with Crippen LogP contribution in [0.1, 0.15) is 25.3 Å². The zero-order valence-corrected chi connectivity index (χ0v) is 22.5. The number of urea groups is 1. The van der Waals surface area contributed by atoms with Gasteiger partial charge in [-0.1, -0.05) is 29.3 Å². The Morgan fingerprint density at radius 3 is 2.20 bits per heavy atom. The number of benzene rings is 2. The standard InChI is InChI=1S/C26H35Cl2N3O4/c1-5-31(11-8-18(9-12-31)14-19-6-7-21(27)22(28)15-19)13-10-29-26(32)30-20-16-23(33-2)25(35-4)24(17-20)34-3/h6-7,15-18H,5,8-14H2,1-4H3,(H-,29,30,32)/p+1. The number of likely N-dealkylation sites (N-methyl/N-ethyl adjacent to an activating group) is 1. The van der Waals surface area contributed by atoms with E-state index in [0.717, 1.165) is 49.9 Å². The summed E-state index contributed by atoms with van der Waals surface area (Å²) in [5.74, 6) is 2.10. The molecule has 1 fully saturated rings. The SMILES string of the molecule is CC[N+]1(CCNC(=O)Nc2cc(OC)c(OC)c(OC)c2)CCC(Cc2ccc(Cl)c(Cl)c2)CC1. The van der Waals surface area contributed by atoms with E-state index in [9.17, 15) is 4.79 Å². The zero-order chi connectivity index (χ0) is 25.4. The molecule has 2 aromatic carbocycles. The average molecular weight is 525 g/mol. The molecule has 1 aliphatic heterocycles. The van der Waals surface area contributed by atoms with E-state index < -0.39 is 0 Å². The maximum Gasteiger partial charge on any atom is 0.319 e. The minimum absolute atomic E-state index is 0.261. The highest BCUT2D eigenvalue weighted by molar-refractivity contribution is 6.42. The summed E-state index contributed by atoms with van der Waals surface area (Å²) in [5, 5.41) is 7.08. The van der Waals surface area contributed by atoms with Crippen LogP contribution in [0, 0.1) is 5.92 Å². The molecule has 0 atom stereocenters. The van der Waals surface area contributed by atoms with Crippen molar-refractivity contribution in [1.29, 1.82) is 0 Å². The predicted octanol–water partition coefficient (Wildman–Crippen LogP) is 5.63. The quantitative estimate of drug-likeness (QED) is 0.395. The molecule has 0 aliphatic carbocycles. The molecule has 2 N–H and O–H groups in total. The molecule has 0 aromatic heterocycles. The molecule has 2 amide bonds. The lowest BCUT2D eigenvalue weighted by atomic mass is 9.89. The van der Waals surface area contributed by atoms with E-state index in [2.05, 4.69) is 23.6 Å². The molecule has 2 aromatic rings. The molecule has 0 unspecified atom stereocenters. The van der Waals surface area contributed by atoms with Crippen molar-refractivity contribution in [2.75, 3.05) is 59.4 Å². The van der Waals surface area contributed by atoms with Gasteiger partial charge in [-0.25, -0.2) is 4.79 Å².